The van der Waals surface area contributed by atoms with Crippen molar-refractivity contribution in [3.8, 4) is 22.6 Å². The first-order valence-corrected chi connectivity index (χ1v) is 11.5. The largest absolute Gasteiger partial charge is 0.508 e. The number of oxime groups is 1. The van der Waals surface area contributed by atoms with Gasteiger partial charge in [0.15, 0.2) is 0 Å². The lowest BCUT2D eigenvalue weighted by molar-refractivity contribution is 0.317. The molecule has 3 N–H and O–H groups in total. The van der Waals surface area contributed by atoms with Gasteiger partial charge >= 0.3 is 0 Å². The molecule has 0 fully saturated rings. The van der Waals surface area contributed by atoms with Gasteiger partial charge in [-0.15, -0.1) is 0 Å². The Hall–Kier alpha value is -2.49. The lowest BCUT2D eigenvalue weighted by Gasteiger charge is -2.10. The van der Waals surface area contributed by atoms with Crippen molar-refractivity contribution in [3.05, 3.63) is 48.0 Å². The van der Waals surface area contributed by atoms with Gasteiger partial charge in [-0.2, -0.15) is 0 Å². The first-order chi connectivity index (χ1) is 14.7. The maximum atomic E-state index is 10.3. The second-order valence-electron chi connectivity index (χ2n) is 8.11. The molecule has 0 radical (unpaired) electrons. The normalized spacial score (nSPS) is 11.7. The summed E-state index contributed by atoms with van der Waals surface area (Å²) in [6.45, 7) is 2.25. The molecule has 0 aliphatic rings. The topological polar surface area (TPSA) is 73.1 Å². The number of rotatable bonds is 14. The summed E-state index contributed by atoms with van der Waals surface area (Å²) in [6, 6.07) is 12.2. The maximum Gasteiger partial charge on any atom is 0.124 e. The van der Waals surface area contributed by atoms with E-state index in [2.05, 4.69) is 12.1 Å². The predicted octanol–water partition coefficient (Wildman–Crippen LogP) is 7.64. The molecular weight excluding hydrogens is 374 g/mol. The molecule has 0 saturated carbocycles. The quantitative estimate of drug-likeness (QED) is 0.129. The van der Waals surface area contributed by atoms with E-state index in [1.807, 2.05) is 12.1 Å². The monoisotopic (exact) mass is 411 g/mol. The fourth-order valence-electron chi connectivity index (χ4n) is 3.83. The van der Waals surface area contributed by atoms with Gasteiger partial charge in [0.05, 0.1) is 5.71 Å². The summed E-state index contributed by atoms with van der Waals surface area (Å²) in [6.07, 6.45) is 14.5. The Labute approximate surface area is 181 Å². The van der Waals surface area contributed by atoms with E-state index in [1.165, 1.54) is 57.8 Å². The van der Waals surface area contributed by atoms with Crippen LogP contribution in [0.3, 0.4) is 0 Å². The predicted molar refractivity (Wildman–Crippen MR) is 125 cm³/mol. The molecule has 0 amide bonds. The Morgan fingerprint density at radius 1 is 0.733 bits per heavy atom. The number of nitrogens with zero attached hydrogens (tertiary/aromatic N) is 1. The minimum absolute atomic E-state index is 0.106. The fourth-order valence-corrected chi connectivity index (χ4v) is 3.83. The van der Waals surface area contributed by atoms with E-state index in [9.17, 15) is 15.4 Å². The molecule has 0 atom stereocenters. The molecule has 0 aromatic heterocycles. The van der Waals surface area contributed by atoms with E-state index in [0.29, 0.717) is 17.7 Å². The van der Waals surface area contributed by atoms with E-state index in [-0.39, 0.29) is 11.5 Å². The van der Waals surface area contributed by atoms with Crippen LogP contribution >= 0.6 is 0 Å². The molecule has 2 rings (SSSR count). The maximum absolute atomic E-state index is 10.3. The molecule has 0 aliphatic heterocycles. The van der Waals surface area contributed by atoms with Gasteiger partial charge in [0, 0.05) is 5.56 Å². The lowest BCUT2D eigenvalue weighted by Crippen LogP contribution is -2.02. The van der Waals surface area contributed by atoms with Crippen molar-refractivity contribution in [3.63, 3.8) is 0 Å². The van der Waals surface area contributed by atoms with Gasteiger partial charge < -0.3 is 15.4 Å². The summed E-state index contributed by atoms with van der Waals surface area (Å²) < 4.78 is 0. The van der Waals surface area contributed by atoms with Crippen molar-refractivity contribution in [2.24, 2.45) is 5.16 Å². The van der Waals surface area contributed by atoms with Crippen molar-refractivity contribution in [1.29, 1.82) is 0 Å². The summed E-state index contributed by atoms with van der Waals surface area (Å²) in [5.74, 6) is 0.300. The zero-order chi connectivity index (χ0) is 21.6. The molecular formula is C26H37NO3. The number of aromatic hydroxyl groups is 2. The first-order valence-electron chi connectivity index (χ1n) is 11.5. The van der Waals surface area contributed by atoms with Crippen LogP contribution < -0.4 is 0 Å². The van der Waals surface area contributed by atoms with Crippen LogP contribution in [-0.4, -0.2) is 21.1 Å². The highest BCUT2D eigenvalue weighted by Gasteiger charge is 2.12. The standard InChI is InChI=1S/C26H37NO3/c1-2-3-4-5-6-7-8-9-10-11-12-16-25(27-30)24-20-22(17-18-26(24)29)21-14-13-15-23(28)19-21/h13-15,17-20,28-30H,2-12,16H2,1H3/b27-25+. The van der Waals surface area contributed by atoms with E-state index in [0.717, 1.165) is 24.0 Å². The number of phenolic OH excluding ortho intramolecular Hbond substituents is 2. The van der Waals surface area contributed by atoms with Crippen LogP contribution in [0.2, 0.25) is 0 Å². The Balaban J connectivity index is 1.78. The van der Waals surface area contributed by atoms with Crippen LogP contribution in [0.15, 0.2) is 47.6 Å². The third kappa shape index (κ3) is 8.10. The van der Waals surface area contributed by atoms with Gasteiger partial charge in [-0.05, 0) is 48.2 Å². The molecule has 2 aromatic rings. The summed E-state index contributed by atoms with van der Waals surface area (Å²) in [5.41, 5.74) is 2.76. The van der Waals surface area contributed by atoms with Crippen molar-refractivity contribution in [2.75, 3.05) is 0 Å². The zero-order valence-corrected chi connectivity index (χ0v) is 18.3. The second-order valence-corrected chi connectivity index (χ2v) is 8.11. The van der Waals surface area contributed by atoms with Gasteiger partial charge in [0.1, 0.15) is 11.5 Å². The average molecular weight is 412 g/mol. The molecule has 164 valence electrons. The Morgan fingerprint density at radius 2 is 1.33 bits per heavy atom. The summed E-state index contributed by atoms with van der Waals surface area (Å²) in [5, 5.41) is 33.0. The highest BCUT2D eigenvalue weighted by Crippen LogP contribution is 2.29. The summed E-state index contributed by atoms with van der Waals surface area (Å²) in [4.78, 5) is 0. The van der Waals surface area contributed by atoms with Crippen molar-refractivity contribution < 1.29 is 15.4 Å². The number of phenols is 2. The first kappa shape index (κ1) is 23.8. The number of unbranched alkanes of at least 4 members (excludes halogenated alkanes) is 10. The number of benzene rings is 2. The minimum atomic E-state index is 0.106. The summed E-state index contributed by atoms with van der Waals surface area (Å²) in [7, 11) is 0. The van der Waals surface area contributed by atoms with Crippen LogP contribution in [0.4, 0.5) is 0 Å². The average Bonchev–Trinajstić information content (AvgIpc) is 2.75. The minimum Gasteiger partial charge on any atom is -0.508 e. The Morgan fingerprint density at radius 3 is 1.93 bits per heavy atom. The Kier molecular flexibility index (Phi) is 10.8. The molecule has 30 heavy (non-hydrogen) atoms. The molecule has 4 heteroatoms. The van der Waals surface area contributed by atoms with Crippen molar-refractivity contribution in [1.82, 2.24) is 0 Å². The van der Waals surface area contributed by atoms with E-state index in [1.54, 1.807) is 30.3 Å². The summed E-state index contributed by atoms with van der Waals surface area (Å²) >= 11 is 0. The number of hydrogen-bond acceptors (Lipinski definition) is 4. The molecule has 0 bridgehead atoms. The van der Waals surface area contributed by atoms with Gasteiger partial charge in [-0.3, -0.25) is 0 Å². The lowest BCUT2D eigenvalue weighted by atomic mass is 9.97. The second kappa shape index (κ2) is 13.7. The van der Waals surface area contributed by atoms with Gasteiger partial charge in [0.25, 0.3) is 0 Å². The van der Waals surface area contributed by atoms with Crippen LogP contribution in [0, 0.1) is 0 Å². The Bertz CT molecular complexity index is 786. The highest BCUT2D eigenvalue weighted by atomic mass is 16.4. The third-order valence-electron chi connectivity index (χ3n) is 5.62. The van der Waals surface area contributed by atoms with Gasteiger partial charge in [-0.25, -0.2) is 0 Å². The van der Waals surface area contributed by atoms with Gasteiger partial charge in [0.2, 0.25) is 0 Å². The molecule has 4 nitrogen and oxygen atoms in total. The highest BCUT2D eigenvalue weighted by molar-refractivity contribution is 6.03. The van der Waals surface area contributed by atoms with E-state index in [4.69, 9.17) is 0 Å². The molecule has 0 aliphatic carbocycles. The van der Waals surface area contributed by atoms with Crippen molar-refractivity contribution >= 4 is 5.71 Å². The number of hydrogen-bond donors (Lipinski definition) is 3. The zero-order valence-electron chi connectivity index (χ0n) is 18.3. The third-order valence-corrected chi connectivity index (χ3v) is 5.62. The molecule has 2 aromatic carbocycles. The van der Waals surface area contributed by atoms with Crippen LogP contribution in [-0.2, 0) is 0 Å². The van der Waals surface area contributed by atoms with Crippen LogP contribution in [0.25, 0.3) is 11.1 Å². The molecule has 0 heterocycles. The molecule has 0 unspecified atom stereocenters. The SMILES string of the molecule is CCCCCCCCCCCCC/C(=N\O)c1cc(-c2cccc(O)c2)ccc1O. The van der Waals surface area contributed by atoms with Crippen molar-refractivity contribution in [2.45, 2.75) is 84.0 Å². The van der Waals surface area contributed by atoms with Crippen LogP contribution in [0.5, 0.6) is 11.5 Å². The van der Waals surface area contributed by atoms with Gasteiger partial charge in [-0.1, -0.05) is 94.5 Å². The van der Waals surface area contributed by atoms with E-state index < -0.39 is 0 Å². The smallest absolute Gasteiger partial charge is 0.124 e. The van der Waals surface area contributed by atoms with Crippen LogP contribution in [0.1, 0.15) is 89.5 Å². The molecule has 0 spiro atoms. The molecule has 0 saturated heterocycles. The van der Waals surface area contributed by atoms with E-state index >= 15 is 0 Å². The fraction of sp³-hybridized carbons (Fsp3) is 0.500.